The zero-order valence-electron chi connectivity index (χ0n) is 14.6. The molecular formula is C21H17NO5. The van der Waals surface area contributed by atoms with Gasteiger partial charge in [-0.1, -0.05) is 48.5 Å². The minimum atomic E-state index is -0.592. The number of para-hydroxylation sites is 1. The number of nitro benzene ring substituents is 1. The Morgan fingerprint density at radius 2 is 1.70 bits per heavy atom. The highest BCUT2D eigenvalue weighted by molar-refractivity contribution is 5.75. The van der Waals surface area contributed by atoms with Gasteiger partial charge >= 0.3 is 5.97 Å². The van der Waals surface area contributed by atoms with E-state index in [1.807, 2.05) is 48.5 Å². The van der Waals surface area contributed by atoms with E-state index in [2.05, 4.69) is 0 Å². The summed E-state index contributed by atoms with van der Waals surface area (Å²) in [5, 5.41) is 10.8. The Labute approximate surface area is 156 Å². The minimum Gasteiger partial charge on any atom is -0.481 e. The summed E-state index contributed by atoms with van der Waals surface area (Å²) in [6, 6.07) is 21.3. The number of carbonyl (C=O) groups is 1. The third kappa shape index (κ3) is 4.49. The molecule has 0 saturated heterocycles. The number of esters is 1. The summed E-state index contributed by atoms with van der Waals surface area (Å²) in [4.78, 5) is 22.4. The first-order valence-corrected chi connectivity index (χ1v) is 8.27. The Hall–Kier alpha value is -3.67. The van der Waals surface area contributed by atoms with E-state index in [1.165, 1.54) is 18.2 Å². The van der Waals surface area contributed by atoms with E-state index in [0.717, 1.165) is 11.1 Å². The number of hydrogen-bond donors (Lipinski definition) is 0. The molecule has 0 spiro atoms. The first kappa shape index (κ1) is 18.1. The quantitative estimate of drug-likeness (QED) is 0.278. The monoisotopic (exact) mass is 363 g/mol. The molecule has 0 N–H and O–H groups in total. The third-order valence-electron chi connectivity index (χ3n) is 3.91. The number of carbonyl (C=O) groups excluding carboxylic acids is 1. The maximum absolute atomic E-state index is 12.1. The molecule has 136 valence electrons. The maximum atomic E-state index is 12.1. The summed E-state index contributed by atoms with van der Waals surface area (Å²) in [6.07, 6.45) is 0. The fourth-order valence-electron chi connectivity index (χ4n) is 2.64. The lowest BCUT2D eigenvalue weighted by atomic mass is 10.1. The van der Waals surface area contributed by atoms with Crippen molar-refractivity contribution in [3.8, 4) is 22.6 Å². The van der Waals surface area contributed by atoms with E-state index in [9.17, 15) is 14.9 Å². The summed E-state index contributed by atoms with van der Waals surface area (Å²) in [7, 11) is 0. The minimum absolute atomic E-state index is 0.0252. The predicted octanol–water partition coefficient (Wildman–Crippen LogP) is 4.55. The van der Waals surface area contributed by atoms with Crippen molar-refractivity contribution in [1.82, 2.24) is 0 Å². The lowest BCUT2D eigenvalue weighted by molar-refractivity contribution is -0.385. The molecule has 3 aromatic rings. The molecule has 0 fully saturated rings. The Bertz CT molecular complexity index is 969. The van der Waals surface area contributed by atoms with Crippen LogP contribution >= 0.6 is 0 Å². The first-order valence-electron chi connectivity index (χ1n) is 8.27. The molecule has 3 aromatic carbocycles. The number of nitro groups is 1. The normalized spacial score (nSPS) is 10.3. The molecule has 0 atom stereocenters. The van der Waals surface area contributed by atoms with Crippen molar-refractivity contribution in [3.05, 3.63) is 88.5 Å². The van der Waals surface area contributed by atoms with Crippen molar-refractivity contribution in [2.75, 3.05) is 6.61 Å². The zero-order valence-corrected chi connectivity index (χ0v) is 14.6. The maximum Gasteiger partial charge on any atom is 0.349 e. The topological polar surface area (TPSA) is 78.7 Å². The van der Waals surface area contributed by atoms with Crippen LogP contribution in [0.2, 0.25) is 0 Å². The van der Waals surface area contributed by atoms with Crippen LogP contribution in [0, 0.1) is 17.0 Å². The van der Waals surface area contributed by atoms with Gasteiger partial charge in [0.2, 0.25) is 0 Å². The average Bonchev–Trinajstić information content (AvgIpc) is 2.67. The van der Waals surface area contributed by atoms with Gasteiger partial charge in [-0.3, -0.25) is 10.1 Å². The number of nitrogens with zero attached hydrogens (tertiary/aromatic N) is 1. The summed E-state index contributed by atoms with van der Waals surface area (Å²) in [5.41, 5.74) is 2.24. The summed E-state index contributed by atoms with van der Waals surface area (Å²) in [6.45, 7) is 1.31. The van der Waals surface area contributed by atoms with Crippen LogP contribution in [0.4, 0.5) is 5.69 Å². The van der Waals surface area contributed by atoms with Gasteiger partial charge in [0.1, 0.15) is 11.5 Å². The number of hydrogen-bond acceptors (Lipinski definition) is 5. The van der Waals surface area contributed by atoms with E-state index in [4.69, 9.17) is 9.47 Å². The van der Waals surface area contributed by atoms with Gasteiger partial charge in [-0.15, -0.1) is 0 Å². The molecule has 6 nitrogen and oxygen atoms in total. The molecule has 0 aromatic heterocycles. The van der Waals surface area contributed by atoms with Gasteiger partial charge in [0.05, 0.1) is 4.92 Å². The molecule has 0 saturated carbocycles. The van der Waals surface area contributed by atoms with E-state index in [0.29, 0.717) is 11.3 Å². The smallest absolute Gasteiger partial charge is 0.349 e. The number of aryl methyl sites for hydroxylation is 1. The van der Waals surface area contributed by atoms with Crippen LogP contribution in [0.1, 0.15) is 5.56 Å². The van der Waals surface area contributed by atoms with Crippen molar-refractivity contribution in [2.45, 2.75) is 6.92 Å². The van der Waals surface area contributed by atoms with E-state index in [-0.39, 0.29) is 18.0 Å². The Morgan fingerprint density at radius 3 is 2.41 bits per heavy atom. The van der Waals surface area contributed by atoms with E-state index < -0.39 is 10.9 Å². The lowest BCUT2D eigenvalue weighted by Crippen LogP contribution is -2.18. The van der Waals surface area contributed by atoms with Gasteiger partial charge in [0.15, 0.2) is 6.61 Å². The molecule has 0 unspecified atom stereocenters. The third-order valence-corrected chi connectivity index (χ3v) is 3.91. The number of rotatable bonds is 6. The first-order chi connectivity index (χ1) is 13.0. The van der Waals surface area contributed by atoms with Crippen LogP contribution in [0.5, 0.6) is 11.5 Å². The molecule has 0 heterocycles. The second kappa shape index (κ2) is 8.14. The molecule has 0 aliphatic carbocycles. The zero-order chi connectivity index (χ0) is 19.2. The van der Waals surface area contributed by atoms with Gasteiger partial charge in [0.25, 0.3) is 5.69 Å². The largest absolute Gasteiger partial charge is 0.481 e. The molecule has 3 rings (SSSR count). The molecule has 0 radical (unpaired) electrons. The van der Waals surface area contributed by atoms with Crippen LogP contribution in [-0.4, -0.2) is 17.5 Å². The van der Waals surface area contributed by atoms with Crippen molar-refractivity contribution < 1.29 is 19.2 Å². The molecule has 0 amide bonds. The lowest BCUT2D eigenvalue weighted by Gasteiger charge is -2.11. The van der Waals surface area contributed by atoms with Gasteiger partial charge in [-0.05, 0) is 30.7 Å². The predicted molar refractivity (Wildman–Crippen MR) is 101 cm³/mol. The second-order valence-electron chi connectivity index (χ2n) is 5.83. The summed E-state index contributed by atoms with van der Waals surface area (Å²) >= 11 is 0. The van der Waals surface area contributed by atoms with Crippen LogP contribution in [0.15, 0.2) is 72.8 Å². The van der Waals surface area contributed by atoms with Crippen molar-refractivity contribution in [3.63, 3.8) is 0 Å². The van der Waals surface area contributed by atoms with Crippen LogP contribution in [-0.2, 0) is 4.79 Å². The molecule has 27 heavy (non-hydrogen) atoms. The van der Waals surface area contributed by atoms with E-state index >= 15 is 0 Å². The SMILES string of the molecule is Cc1cc(OC(=O)COc2ccccc2-c2ccccc2)ccc1[N+](=O)[O-]. The number of ether oxygens (including phenoxy) is 2. The van der Waals surface area contributed by atoms with Gasteiger partial charge in [-0.25, -0.2) is 4.79 Å². The van der Waals surface area contributed by atoms with Crippen molar-refractivity contribution in [1.29, 1.82) is 0 Å². The molecular weight excluding hydrogens is 346 g/mol. The molecule has 0 aliphatic rings. The van der Waals surface area contributed by atoms with Gasteiger partial charge < -0.3 is 9.47 Å². The highest BCUT2D eigenvalue weighted by atomic mass is 16.6. The second-order valence-corrected chi connectivity index (χ2v) is 5.83. The van der Waals surface area contributed by atoms with Gasteiger partial charge in [0, 0.05) is 17.2 Å². The van der Waals surface area contributed by atoms with Crippen LogP contribution in [0.3, 0.4) is 0 Å². The fourth-order valence-corrected chi connectivity index (χ4v) is 2.64. The van der Waals surface area contributed by atoms with Crippen LogP contribution in [0.25, 0.3) is 11.1 Å². The van der Waals surface area contributed by atoms with Crippen molar-refractivity contribution in [2.24, 2.45) is 0 Å². The Balaban J connectivity index is 1.67. The van der Waals surface area contributed by atoms with E-state index in [1.54, 1.807) is 13.0 Å². The van der Waals surface area contributed by atoms with Gasteiger partial charge in [-0.2, -0.15) is 0 Å². The number of benzene rings is 3. The molecule has 6 heteroatoms. The molecule has 0 aliphatic heterocycles. The summed E-state index contributed by atoms with van der Waals surface area (Å²) < 4.78 is 10.8. The van der Waals surface area contributed by atoms with Crippen molar-refractivity contribution >= 4 is 11.7 Å². The standard InChI is InChI=1S/C21H17NO5/c1-15-13-17(11-12-19(15)22(24)25)27-21(23)14-26-20-10-6-5-9-18(20)16-7-3-2-4-8-16/h2-13H,14H2,1H3. The van der Waals surface area contributed by atoms with Crippen LogP contribution < -0.4 is 9.47 Å². The Morgan fingerprint density at radius 1 is 1.00 bits per heavy atom. The molecule has 0 bridgehead atoms. The average molecular weight is 363 g/mol. The summed E-state index contributed by atoms with van der Waals surface area (Å²) in [5.74, 6) is 0.217. The highest BCUT2D eigenvalue weighted by Crippen LogP contribution is 2.29. The highest BCUT2D eigenvalue weighted by Gasteiger charge is 2.14. The fraction of sp³-hybridized carbons (Fsp3) is 0.0952. The Kier molecular flexibility index (Phi) is 5.47.